The lowest BCUT2D eigenvalue weighted by molar-refractivity contribution is 0.404. The summed E-state index contributed by atoms with van der Waals surface area (Å²) in [6.07, 6.45) is 4.18. The Labute approximate surface area is 98.0 Å². The first-order valence-corrected chi connectivity index (χ1v) is 6.15. The fourth-order valence-electron chi connectivity index (χ4n) is 2.07. The average Bonchev–Trinajstić information content (AvgIpc) is 3.10. The van der Waals surface area contributed by atoms with Gasteiger partial charge >= 0.3 is 0 Å². The van der Waals surface area contributed by atoms with Crippen LogP contribution in [-0.2, 0) is 6.54 Å². The van der Waals surface area contributed by atoms with Crippen LogP contribution in [0.15, 0.2) is 24.3 Å². The van der Waals surface area contributed by atoms with Crippen molar-refractivity contribution in [1.82, 2.24) is 5.32 Å². The van der Waals surface area contributed by atoms with Gasteiger partial charge in [0, 0.05) is 18.2 Å². The van der Waals surface area contributed by atoms with Gasteiger partial charge in [0.25, 0.3) is 0 Å². The number of hydrogen-bond acceptors (Lipinski definition) is 2. The van der Waals surface area contributed by atoms with Crippen LogP contribution >= 0.6 is 0 Å². The number of methoxy groups -OCH3 is 1. The maximum Gasteiger partial charge on any atom is 0.123 e. The maximum absolute atomic E-state index is 5.33. The SMILES string of the molecule is COc1ccccc1CNC(C)CC1CC1. The zero-order valence-electron chi connectivity index (χ0n) is 10.2. The molecule has 1 aromatic carbocycles. The highest BCUT2D eigenvalue weighted by Gasteiger charge is 2.23. The summed E-state index contributed by atoms with van der Waals surface area (Å²) in [4.78, 5) is 0. The van der Waals surface area contributed by atoms with Crippen molar-refractivity contribution in [3.8, 4) is 5.75 Å². The van der Waals surface area contributed by atoms with Gasteiger partial charge in [0.05, 0.1) is 7.11 Å². The summed E-state index contributed by atoms with van der Waals surface area (Å²) in [5.41, 5.74) is 1.24. The second-order valence-corrected chi connectivity index (χ2v) is 4.77. The molecule has 1 unspecified atom stereocenters. The lowest BCUT2D eigenvalue weighted by atomic mass is 10.1. The van der Waals surface area contributed by atoms with Crippen molar-refractivity contribution in [3.63, 3.8) is 0 Å². The summed E-state index contributed by atoms with van der Waals surface area (Å²) >= 11 is 0. The molecule has 0 radical (unpaired) electrons. The molecule has 0 aliphatic heterocycles. The molecule has 1 atom stereocenters. The molecule has 0 bridgehead atoms. The Morgan fingerprint density at radius 3 is 2.81 bits per heavy atom. The average molecular weight is 219 g/mol. The Balaban J connectivity index is 1.82. The zero-order valence-corrected chi connectivity index (χ0v) is 10.2. The summed E-state index contributed by atoms with van der Waals surface area (Å²) in [6, 6.07) is 8.82. The summed E-state index contributed by atoms with van der Waals surface area (Å²) < 4.78 is 5.33. The molecule has 2 nitrogen and oxygen atoms in total. The van der Waals surface area contributed by atoms with E-state index in [0.29, 0.717) is 6.04 Å². The summed E-state index contributed by atoms with van der Waals surface area (Å²) in [5, 5.41) is 3.56. The number of hydrogen-bond donors (Lipinski definition) is 1. The molecule has 0 spiro atoms. The third-order valence-corrected chi connectivity index (χ3v) is 3.22. The van der Waals surface area contributed by atoms with E-state index in [1.807, 2.05) is 12.1 Å². The first-order chi connectivity index (χ1) is 7.79. The van der Waals surface area contributed by atoms with E-state index in [2.05, 4.69) is 24.4 Å². The van der Waals surface area contributed by atoms with Gasteiger partial charge in [0.2, 0.25) is 0 Å². The molecule has 1 aromatic rings. The molecular formula is C14H21NO. The van der Waals surface area contributed by atoms with Crippen molar-refractivity contribution < 1.29 is 4.74 Å². The first-order valence-electron chi connectivity index (χ1n) is 6.15. The fraction of sp³-hybridized carbons (Fsp3) is 0.571. The number of rotatable bonds is 6. The van der Waals surface area contributed by atoms with Crippen molar-refractivity contribution in [1.29, 1.82) is 0 Å². The molecule has 2 heteroatoms. The highest BCUT2D eigenvalue weighted by atomic mass is 16.5. The smallest absolute Gasteiger partial charge is 0.123 e. The van der Waals surface area contributed by atoms with Gasteiger partial charge in [-0.25, -0.2) is 0 Å². The lowest BCUT2D eigenvalue weighted by Crippen LogP contribution is -2.26. The molecule has 0 aromatic heterocycles. The van der Waals surface area contributed by atoms with Crippen LogP contribution in [0.5, 0.6) is 5.75 Å². The highest BCUT2D eigenvalue weighted by molar-refractivity contribution is 5.32. The largest absolute Gasteiger partial charge is 0.496 e. The van der Waals surface area contributed by atoms with Gasteiger partial charge in [-0.1, -0.05) is 31.0 Å². The Morgan fingerprint density at radius 1 is 1.38 bits per heavy atom. The van der Waals surface area contributed by atoms with Crippen molar-refractivity contribution in [2.24, 2.45) is 5.92 Å². The van der Waals surface area contributed by atoms with E-state index in [1.165, 1.54) is 24.8 Å². The predicted octanol–water partition coefficient (Wildman–Crippen LogP) is 2.97. The van der Waals surface area contributed by atoms with Crippen molar-refractivity contribution in [3.05, 3.63) is 29.8 Å². The van der Waals surface area contributed by atoms with E-state index in [9.17, 15) is 0 Å². The van der Waals surface area contributed by atoms with Gasteiger partial charge < -0.3 is 10.1 Å². The Hall–Kier alpha value is -1.02. The van der Waals surface area contributed by atoms with Gasteiger partial charge in [-0.15, -0.1) is 0 Å². The molecule has 1 saturated carbocycles. The number of para-hydroxylation sites is 1. The molecule has 1 fully saturated rings. The maximum atomic E-state index is 5.33. The molecule has 1 aliphatic carbocycles. The topological polar surface area (TPSA) is 21.3 Å². The van der Waals surface area contributed by atoms with Gasteiger partial charge in [0.15, 0.2) is 0 Å². The molecule has 1 N–H and O–H groups in total. The Bertz CT molecular complexity index is 333. The minimum Gasteiger partial charge on any atom is -0.496 e. The van der Waals surface area contributed by atoms with Crippen LogP contribution in [-0.4, -0.2) is 13.2 Å². The summed E-state index contributed by atoms with van der Waals surface area (Å²) in [7, 11) is 1.73. The van der Waals surface area contributed by atoms with E-state index in [0.717, 1.165) is 18.2 Å². The number of benzene rings is 1. The Kier molecular flexibility index (Phi) is 3.83. The molecule has 1 aliphatic rings. The van der Waals surface area contributed by atoms with Gasteiger partial charge in [0.1, 0.15) is 5.75 Å². The van der Waals surface area contributed by atoms with Crippen LogP contribution in [0.2, 0.25) is 0 Å². The van der Waals surface area contributed by atoms with Crippen molar-refractivity contribution in [2.45, 2.75) is 38.8 Å². The van der Waals surface area contributed by atoms with E-state index in [4.69, 9.17) is 4.74 Å². The van der Waals surface area contributed by atoms with Gasteiger partial charge in [-0.05, 0) is 25.3 Å². The van der Waals surface area contributed by atoms with E-state index in [-0.39, 0.29) is 0 Å². The minimum atomic E-state index is 0.609. The van der Waals surface area contributed by atoms with Crippen LogP contribution in [0.1, 0.15) is 31.7 Å². The molecular weight excluding hydrogens is 198 g/mol. The molecule has 0 heterocycles. The molecule has 16 heavy (non-hydrogen) atoms. The second-order valence-electron chi connectivity index (χ2n) is 4.77. The third-order valence-electron chi connectivity index (χ3n) is 3.22. The van der Waals surface area contributed by atoms with Crippen molar-refractivity contribution >= 4 is 0 Å². The highest BCUT2D eigenvalue weighted by Crippen LogP contribution is 2.33. The van der Waals surface area contributed by atoms with Crippen LogP contribution in [0, 0.1) is 5.92 Å². The molecule has 0 saturated heterocycles. The predicted molar refractivity (Wildman–Crippen MR) is 66.6 cm³/mol. The Morgan fingerprint density at radius 2 is 2.12 bits per heavy atom. The quantitative estimate of drug-likeness (QED) is 0.794. The monoisotopic (exact) mass is 219 g/mol. The van der Waals surface area contributed by atoms with E-state index in [1.54, 1.807) is 7.11 Å². The summed E-state index contributed by atoms with van der Waals surface area (Å²) in [5.74, 6) is 1.97. The van der Waals surface area contributed by atoms with Gasteiger partial charge in [-0.2, -0.15) is 0 Å². The van der Waals surface area contributed by atoms with Crippen LogP contribution < -0.4 is 10.1 Å². The molecule has 0 amide bonds. The second kappa shape index (κ2) is 5.35. The first kappa shape index (κ1) is 11.5. The lowest BCUT2D eigenvalue weighted by Gasteiger charge is -2.14. The normalized spacial score (nSPS) is 17.1. The fourth-order valence-corrected chi connectivity index (χ4v) is 2.07. The molecule has 88 valence electrons. The zero-order chi connectivity index (χ0) is 11.4. The number of ether oxygens (including phenoxy) is 1. The summed E-state index contributed by atoms with van der Waals surface area (Å²) in [6.45, 7) is 3.17. The van der Waals surface area contributed by atoms with Crippen LogP contribution in [0.4, 0.5) is 0 Å². The standard InChI is InChI=1S/C14H21NO/c1-11(9-12-7-8-12)15-10-13-5-3-4-6-14(13)16-2/h3-6,11-12,15H,7-10H2,1-2H3. The van der Waals surface area contributed by atoms with E-state index < -0.39 is 0 Å². The minimum absolute atomic E-state index is 0.609. The van der Waals surface area contributed by atoms with Gasteiger partial charge in [-0.3, -0.25) is 0 Å². The van der Waals surface area contributed by atoms with Crippen LogP contribution in [0.25, 0.3) is 0 Å². The van der Waals surface area contributed by atoms with Crippen molar-refractivity contribution in [2.75, 3.05) is 7.11 Å². The van der Waals surface area contributed by atoms with E-state index >= 15 is 0 Å². The number of nitrogens with one attached hydrogen (secondary N) is 1. The third kappa shape index (κ3) is 3.24. The van der Waals surface area contributed by atoms with Crippen LogP contribution in [0.3, 0.4) is 0 Å². The molecule has 2 rings (SSSR count).